The van der Waals surface area contributed by atoms with Crippen LogP contribution in [-0.2, 0) is 11.2 Å². The van der Waals surface area contributed by atoms with Crippen molar-refractivity contribution in [2.45, 2.75) is 26.2 Å². The van der Waals surface area contributed by atoms with Crippen LogP contribution in [0.2, 0.25) is 0 Å². The van der Waals surface area contributed by atoms with Crippen LogP contribution in [0.1, 0.15) is 46.0 Å². The minimum atomic E-state index is -1.37. The molecule has 2 N–H and O–H groups in total. The van der Waals surface area contributed by atoms with Gasteiger partial charge >= 0.3 is 17.9 Å². The minimum Gasteiger partial charge on any atom is -0.478 e. The van der Waals surface area contributed by atoms with E-state index in [0.29, 0.717) is 12.8 Å². The number of aromatic carboxylic acids is 2. The van der Waals surface area contributed by atoms with Crippen LogP contribution in [-0.4, -0.2) is 28.1 Å². The van der Waals surface area contributed by atoms with Crippen molar-refractivity contribution in [1.82, 2.24) is 0 Å². The quantitative estimate of drug-likeness (QED) is 0.455. The van der Waals surface area contributed by atoms with Crippen LogP contribution in [0.5, 0.6) is 5.75 Å². The molecule has 0 aliphatic carbocycles. The first-order chi connectivity index (χ1) is 9.92. The Bertz CT molecular complexity index is 588. The molecule has 1 rings (SSSR count). The SMILES string of the molecule is C=CC(=O)Oc1ccc(C(=O)O)c(C(=O)O)c1CCCC. The van der Waals surface area contributed by atoms with E-state index in [1.807, 2.05) is 6.92 Å². The molecule has 0 aliphatic rings. The molecule has 0 atom stereocenters. The Labute approximate surface area is 121 Å². The van der Waals surface area contributed by atoms with Crippen molar-refractivity contribution >= 4 is 17.9 Å². The third-order valence-corrected chi connectivity index (χ3v) is 2.87. The van der Waals surface area contributed by atoms with E-state index in [9.17, 15) is 19.5 Å². The molecule has 0 heterocycles. The van der Waals surface area contributed by atoms with Crippen molar-refractivity contribution in [3.63, 3.8) is 0 Å². The minimum absolute atomic E-state index is 0.0516. The van der Waals surface area contributed by atoms with E-state index in [1.54, 1.807) is 0 Å². The lowest BCUT2D eigenvalue weighted by molar-refractivity contribution is -0.129. The standard InChI is InChI=1S/C15H16O6/c1-3-5-6-9-11(21-12(16)4-2)8-7-10(14(17)18)13(9)15(19)20/h4,7-8H,2-3,5-6H2,1H3,(H,17,18)(H,19,20). The third-order valence-electron chi connectivity index (χ3n) is 2.87. The van der Waals surface area contributed by atoms with E-state index in [0.717, 1.165) is 18.6 Å². The molecule has 1 aromatic rings. The molecule has 0 spiro atoms. The summed E-state index contributed by atoms with van der Waals surface area (Å²) < 4.78 is 5.00. The number of unbranched alkanes of at least 4 members (excludes halogenated alkanes) is 1. The molecule has 0 saturated heterocycles. The highest BCUT2D eigenvalue weighted by Crippen LogP contribution is 2.28. The molecule has 0 fully saturated rings. The van der Waals surface area contributed by atoms with Gasteiger partial charge in [0.2, 0.25) is 0 Å². The zero-order chi connectivity index (χ0) is 16.0. The maximum absolute atomic E-state index is 11.4. The van der Waals surface area contributed by atoms with E-state index >= 15 is 0 Å². The molecule has 0 aromatic heterocycles. The monoisotopic (exact) mass is 292 g/mol. The number of carboxylic acids is 2. The highest BCUT2D eigenvalue weighted by atomic mass is 16.5. The highest BCUT2D eigenvalue weighted by Gasteiger charge is 2.24. The van der Waals surface area contributed by atoms with Gasteiger partial charge in [-0.3, -0.25) is 0 Å². The lowest BCUT2D eigenvalue weighted by Crippen LogP contribution is -2.14. The summed E-state index contributed by atoms with van der Waals surface area (Å²) in [5, 5.41) is 18.4. The number of rotatable bonds is 7. The van der Waals surface area contributed by atoms with E-state index in [2.05, 4.69) is 6.58 Å². The molecule has 112 valence electrons. The number of carboxylic acid groups (broad SMARTS) is 2. The van der Waals surface area contributed by atoms with Gasteiger partial charge in [-0.05, 0) is 25.0 Å². The van der Waals surface area contributed by atoms with Crippen LogP contribution in [0.25, 0.3) is 0 Å². The molecule has 6 heteroatoms. The van der Waals surface area contributed by atoms with Crippen LogP contribution in [0, 0.1) is 0 Å². The second-order valence-corrected chi connectivity index (χ2v) is 4.30. The van der Waals surface area contributed by atoms with Gasteiger partial charge in [0, 0.05) is 11.6 Å². The summed E-state index contributed by atoms with van der Waals surface area (Å²) in [5.74, 6) is -3.38. The summed E-state index contributed by atoms with van der Waals surface area (Å²) in [4.78, 5) is 33.9. The summed E-state index contributed by atoms with van der Waals surface area (Å²) in [6.45, 7) is 5.18. The van der Waals surface area contributed by atoms with Gasteiger partial charge < -0.3 is 14.9 Å². The van der Waals surface area contributed by atoms with Crippen molar-refractivity contribution in [3.05, 3.63) is 41.5 Å². The lowest BCUT2D eigenvalue weighted by atomic mass is 9.96. The van der Waals surface area contributed by atoms with Gasteiger partial charge in [0.1, 0.15) is 5.75 Å². The van der Waals surface area contributed by atoms with Crippen molar-refractivity contribution in [3.8, 4) is 5.75 Å². The summed E-state index contributed by atoms with van der Waals surface area (Å²) in [6, 6.07) is 2.41. The van der Waals surface area contributed by atoms with Crippen molar-refractivity contribution in [2.24, 2.45) is 0 Å². The summed E-state index contributed by atoms with van der Waals surface area (Å²) in [7, 11) is 0. The predicted octanol–water partition coefficient (Wildman–Crippen LogP) is 2.52. The Balaban J connectivity index is 3.47. The van der Waals surface area contributed by atoms with Crippen LogP contribution in [0.15, 0.2) is 24.8 Å². The molecule has 1 aromatic carbocycles. The van der Waals surface area contributed by atoms with Gasteiger partial charge in [-0.15, -0.1) is 0 Å². The Morgan fingerprint density at radius 1 is 1.24 bits per heavy atom. The highest BCUT2D eigenvalue weighted by molar-refractivity contribution is 6.03. The molecular weight excluding hydrogens is 276 g/mol. The number of hydrogen-bond acceptors (Lipinski definition) is 4. The largest absolute Gasteiger partial charge is 0.478 e. The van der Waals surface area contributed by atoms with Gasteiger partial charge in [-0.1, -0.05) is 19.9 Å². The smallest absolute Gasteiger partial charge is 0.336 e. The van der Waals surface area contributed by atoms with Crippen LogP contribution in [0.4, 0.5) is 0 Å². The van der Waals surface area contributed by atoms with Crippen molar-refractivity contribution < 1.29 is 29.3 Å². The van der Waals surface area contributed by atoms with Gasteiger partial charge in [0.15, 0.2) is 0 Å². The fourth-order valence-electron chi connectivity index (χ4n) is 1.90. The summed E-state index contributed by atoms with van der Waals surface area (Å²) >= 11 is 0. The van der Waals surface area contributed by atoms with Gasteiger partial charge in [0.25, 0.3) is 0 Å². The average Bonchev–Trinajstić information content (AvgIpc) is 2.44. The fraction of sp³-hybridized carbons (Fsp3) is 0.267. The van der Waals surface area contributed by atoms with Crippen LogP contribution in [0.3, 0.4) is 0 Å². The predicted molar refractivity (Wildman–Crippen MR) is 74.8 cm³/mol. The molecule has 0 saturated carbocycles. The van der Waals surface area contributed by atoms with E-state index in [-0.39, 0.29) is 22.4 Å². The first-order valence-corrected chi connectivity index (χ1v) is 6.39. The van der Waals surface area contributed by atoms with Crippen LogP contribution < -0.4 is 4.74 Å². The van der Waals surface area contributed by atoms with Gasteiger partial charge in [-0.25, -0.2) is 14.4 Å². The molecule has 0 bridgehead atoms. The topological polar surface area (TPSA) is 101 Å². The van der Waals surface area contributed by atoms with E-state index in [4.69, 9.17) is 9.84 Å². The lowest BCUT2D eigenvalue weighted by Gasteiger charge is -2.14. The molecule has 21 heavy (non-hydrogen) atoms. The fourth-order valence-corrected chi connectivity index (χ4v) is 1.90. The molecule has 6 nitrogen and oxygen atoms in total. The molecule has 0 amide bonds. The zero-order valence-electron chi connectivity index (χ0n) is 11.6. The van der Waals surface area contributed by atoms with Crippen molar-refractivity contribution in [1.29, 1.82) is 0 Å². The number of esters is 1. The second kappa shape index (κ2) is 7.23. The van der Waals surface area contributed by atoms with Gasteiger partial charge in [-0.2, -0.15) is 0 Å². The number of carbonyl (C=O) groups excluding carboxylic acids is 1. The Morgan fingerprint density at radius 2 is 1.90 bits per heavy atom. The molecule has 0 unspecified atom stereocenters. The zero-order valence-corrected chi connectivity index (χ0v) is 11.6. The number of carbonyl (C=O) groups is 3. The molecule has 0 aliphatic heterocycles. The molecule has 0 radical (unpaired) electrons. The van der Waals surface area contributed by atoms with Crippen molar-refractivity contribution in [2.75, 3.05) is 0 Å². The summed E-state index contributed by atoms with van der Waals surface area (Å²) in [5.41, 5.74) is -0.461. The number of ether oxygens (including phenoxy) is 1. The first-order valence-electron chi connectivity index (χ1n) is 6.39. The Hall–Kier alpha value is -2.63. The Kier molecular flexibility index (Phi) is 5.66. The number of benzene rings is 1. The normalized spacial score (nSPS) is 9.95. The molecular formula is C15H16O6. The van der Waals surface area contributed by atoms with E-state index in [1.165, 1.54) is 6.07 Å². The maximum atomic E-state index is 11.4. The first kappa shape index (κ1) is 16.4. The summed E-state index contributed by atoms with van der Waals surface area (Å²) in [6.07, 6.45) is 2.68. The third kappa shape index (κ3) is 3.92. The van der Waals surface area contributed by atoms with Gasteiger partial charge in [0.05, 0.1) is 11.1 Å². The Morgan fingerprint density at radius 3 is 2.38 bits per heavy atom. The van der Waals surface area contributed by atoms with E-state index < -0.39 is 17.9 Å². The second-order valence-electron chi connectivity index (χ2n) is 4.30. The maximum Gasteiger partial charge on any atom is 0.336 e. The average molecular weight is 292 g/mol. The number of hydrogen-bond donors (Lipinski definition) is 2. The van der Waals surface area contributed by atoms with Crippen LogP contribution >= 0.6 is 0 Å².